The first-order valence-electron chi connectivity index (χ1n) is 3.96. The zero-order valence-corrected chi connectivity index (χ0v) is 6.76. The van der Waals surface area contributed by atoms with E-state index in [1.807, 2.05) is 0 Å². The highest BCUT2D eigenvalue weighted by atomic mass is 16.6. The van der Waals surface area contributed by atoms with Crippen LogP contribution in [0.4, 0.5) is 0 Å². The molecule has 70 valence electrons. The van der Waals surface area contributed by atoms with Crippen molar-refractivity contribution in [1.82, 2.24) is 0 Å². The van der Waals surface area contributed by atoms with E-state index in [9.17, 15) is 9.59 Å². The minimum atomic E-state index is -0.754. The normalized spacial score (nSPS) is 32.0. The Morgan fingerprint density at radius 3 is 2.77 bits per heavy atom. The lowest BCUT2D eigenvalue weighted by atomic mass is 10.3. The molecule has 2 atom stereocenters. The van der Waals surface area contributed by atoms with Crippen LogP contribution in [0, 0.1) is 0 Å². The molecule has 0 spiro atoms. The molecule has 2 unspecified atom stereocenters. The predicted molar refractivity (Wildman–Crippen MR) is 39.5 cm³/mol. The Hall–Kier alpha value is -1.36. The van der Waals surface area contributed by atoms with Gasteiger partial charge in [-0.2, -0.15) is 0 Å². The molecule has 2 aliphatic heterocycles. The summed E-state index contributed by atoms with van der Waals surface area (Å²) < 4.78 is 14.3. The monoisotopic (exact) mass is 184 g/mol. The molecule has 2 aliphatic rings. The van der Waals surface area contributed by atoms with Gasteiger partial charge in [0.1, 0.15) is 0 Å². The molecule has 0 saturated carbocycles. The Morgan fingerprint density at radius 1 is 1.38 bits per heavy atom. The average Bonchev–Trinajstić information content (AvgIpc) is 2.65. The van der Waals surface area contributed by atoms with Gasteiger partial charge in [-0.05, 0) is 6.08 Å². The average molecular weight is 184 g/mol. The first kappa shape index (κ1) is 8.25. The van der Waals surface area contributed by atoms with Crippen molar-refractivity contribution in [2.24, 2.45) is 0 Å². The van der Waals surface area contributed by atoms with Gasteiger partial charge in [-0.3, -0.25) is 0 Å². The van der Waals surface area contributed by atoms with Crippen LogP contribution in [0.3, 0.4) is 0 Å². The van der Waals surface area contributed by atoms with E-state index in [2.05, 4.69) is 9.47 Å². The number of carbonyl (C=O) groups is 2. The lowest BCUT2D eigenvalue weighted by Gasteiger charge is -2.10. The minimum absolute atomic E-state index is 0.356. The summed E-state index contributed by atoms with van der Waals surface area (Å²) in [5.74, 6) is -0.896. The van der Waals surface area contributed by atoms with Crippen LogP contribution in [0.5, 0.6) is 0 Å². The van der Waals surface area contributed by atoms with Crippen molar-refractivity contribution in [2.45, 2.75) is 18.6 Å². The van der Waals surface area contributed by atoms with Gasteiger partial charge < -0.3 is 14.2 Å². The van der Waals surface area contributed by atoms with Gasteiger partial charge in [-0.1, -0.05) is 0 Å². The largest absolute Gasteiger partial charge is 0.464 e. The van der Waals surface area contributed by atoms with E-state index in [4.69, 9.17) is 4.74 Å². The zero-order valence-electron chi connectivity index (χ0n) is 6.76. The standard InChI is InChI=1S/C8H8O5/c9-7-5(1-3-11-7)13-6-2-4-12-8(6)10/h1,3,5-6H,2,4H2. The van der Waals surface area contributed by atoms with Crippen LogP contribution in [0.15, 0.2) is 12.3 Å². The van der Waals surface area contributed by atoms with Crippen molar-refractivity contribution in [2.75, 3.05) is 6.61 Å². The maximum Gasteiger partial charge on any atom is 0.344 e. The quantitative estimate of drug-likeness (QED) is 0.554. The fraction of sp³-hybridized carbons (Fsp3) is 0.500. The molecule has 0 aromatic rings. The Morgan fingerprint density at radius 2 is 2.23 bits per heavy atom. The number of carbonyl (C=O) groups excluding carboxylic acids is 2. The van der Waals surface area contributed by atoms with E-state index in [-0.39, 0.29) is 0 Å². The van der Waals surface area contributed by atoms with Crippen LogP contribution in [-0.2, 0) is 23.8 Å². The number of hydrogen-bond acceptors (Lipinski definition) is 5. The second-order valence-electron chi connectivity index (χ2n) is 2.77. The molecule has 0 aliphatic carbocycles. The van der Waals surface area contributed by atoms with Crippen LogP contribution in [0.2, 0.25) is 0 Å². The van der Waals surface area contributed by atoms with Crippen LogP contribution in [0.25, 0.3) is 0 Å². The van der Waals surface area contributed by atoms with E-state index in [1.165, 1.54) is 12.3 Å². The summed E-state index contributed by atoms with van der Waals surface area (Å²) >= 11 is 0. The summed E-state index contributed by atoms with van der Waals surface area (Å²) in [5, 5.41) is 0. The number of hydrogen-bond donors (Lipinski definition) is 0. The van der Waals surface area contributed by atoms with Gasteiger partial charge in [0.15, 0.2) is 12.2 Å². The van der Waals surface area contributed by atoms with Crippen molar-refractivity contribution in [1.29, 1.82) is 0 Å². The van der Waals surface area contributed by atoms with E-state index in [0.717, 1.165) is 0 Å². The van der Waals surface area contributed by atoms with Gasteiger partial charge >= 0.3 is 11.9 Å². The number of esters is 2. The fourth-order valence-corrected chi connectivity index (χ4v) is 1.20. The molecule has 0 radical (unpaired) electrons. The predicted octanol–water partition coefficient (Wildman–Crippen LogP) is -0.242. The van der Waals surface area contributed by atoms with E-state index in [0.29, 0.717) is 13.0 Å². The maximum atomic E-state index is 10.9. The zero-order chi connectivity index (χ0) is 9.26. The van der Waals surface area contributed by atoms with E-state index in [1.54, 1.807) is 0 Å². The minimum Gasteiger partial charge on any atom is -0.464 e. The van der Waals surface area contributed by atoms with E-state index < -0.39 is 24.1 Å². The molecule has 2 heterocycles. The molecule has 5 nitrogen and oxygen atoms in total. The van der Waals surface area contributed by atoms with Gasteiger partial charge in [0.05, 0.1) is 12.9 Å². The summed E-state index contributed by atoms with van der Waals surface area (Å²) in [5.41, 5.74) is 0. The molecule has 0 N–H and O–H groups in total. The summed E-state index contributed by atoms with van der Waals surface area (Å²) in [6.45, 7) is 0.356. The second-order valence-corrected chi connectivity index (χ2v) is 2.77. The maximum absolute atomic E-state index is 10.9. The highest BCUT2D eigenvalue weighted by molar-refractivity contribution is 5.81. The summed E-state index contributed by atoms with van der Waals surface area (Å²) in [6, 6.07) is 0. The molecule has 1 fully saturated rings. The summed E-state index contributed by atoms with van der Waals surface area (Å²) in [4.78, 5) is 21.9. The Kier molecular flexibility index (Phi) is 2.02. The van der Waals surface area contributed by atoms with Crippen LogP contribution in [-0.4, -0.2) is 30.8 Å². The molecular weight excluding hydrogens is 176 g/mol. The Labute approximate surface area is 74.3 Å². The van der Waals surface area contributed by atoms with E-state index >= 15 is 0 Å². The highest BCUT2D eigenvalue weighted by Crippen LogP contribution is 2.16. The second kappa shape index (κ2) is 3.18. The van der Waals surface area contributed by atoms with Crippen LogP contribution in [0.1, 0.15) is 6.42 Å². The molecule has 0 bridgehead atoms. The first-order valence-corrected chi connectivity index (χ1v) is 3.96. The van der Waals surface area contributed by atoms with Crippen molar-refractivity contribution in [3.63, 3.8) is 0 Å². The summed E-state index contributed by atoms with van der Waals surface area (Å²) in [6.07, 6.45) is 1.84. The number of rotatable bonds is 2. The molecule has 2 rings (SSSR count). The smallest absolute Gasteiger partial charge is 0.344 e. The number of cyclic esters (lactones) is 2. The Bertz CT molecular complexity index is 270. The molecule has 0 aromatic heterocycles. The van der Waals surface area contributed by atoms with Gasteiger partial charge in [0, 0.05) is 6.42 Å². The molecule has 0 aromatic carbocycles. The molecule has 0 amide bonds. The number of ether oxygens (including phenoxy) is 3. The van der Waals surface area contributed by atoms with Gasteiger partial charge in [0.2, 0.25) is 0 Å². The molecular formula is C8H8O5. The fourth-order valence-electron chi connectivity index (χ4n) is 1.20. The van der Waals surface area contributed by atoms with Crippen molar-refractivity contribution >= 4 is 11.9 Å². The highest BCUT2D eigenvalue weighted by Gasteiger charge is 2.33. The lowest BCUT2D eigenvalue weighted by molar-refractivity contribution is -0.156. The molecule has 5 heteroatoms. The molecule has 13 heavy (non-hydrogen) atoms. The van der Waals surface area contributed by atoms with Crippen LogP contribution >= 0.6 is 0 Å². The van der Waals surface area contributed by atoms with Crippen molar-refractivity contribution < 1.29 is 23.8 Å². The van der Waals surface area contributed by atoms with Gasteiger partial charge in [0.25, 0.3) is 0 Å². The lowest BCUT2D eigenvalue weighted by Crippen LogP contribution is -2.28. The first-order chi connectivity index (χ1) is 6.27. The van der Waals surface area contributed by atoms with Gasteiger partial charge in [-0.15, -0.1) is 0 Å². The SMILES string of the molecule is O=C1OC=CC1OC1CCOC1=O. The Balaban J connectivity index is 1.93. The topological polar surface area (TPSA) is 61.8 Å². The van der Waals surface area contributed by atoms with Crippen molar-refractivity contribution in [3.8, 4) is 0 Å². The summed E-state index contributed by atoms with van der Waals surface area (Å²) in [7, 11) is 0. The third kappa shape index (κ3) is 1.55. The third-order valence-electron chi connectivity index (χ3n) is 1.87. The molecule has 1 saturated heterocycles. The van der Waals surface area contributed by atoms with Gasteiger partial charge in [-0.25, -0.2) is 9.59 Å². The van der Waals surface area contributed by atoms with Crippen LogP contribution < -0.4 is 0 Å². The third-order valence-corrected chi connectivity index (χ3v) is 1.87. The van der Waals surface area contributed by atoms with Crippen molar-refractivity contribution in [3.05, 3.63) is 12.3 Å².